The molecule has 0 fully saturated rings. The number of halogens is 2. The van der Waals surface area contributed by atoms with E-state index in [0.717, 1.165) is 18.4 Å². The molecule has 0 aromatic heterocycles. The van der Waals surface area contributed by atoms with E-state index < -0.39 is 16.0 Å². The summed E-state index contributed by atoms with van der Waals surface area (Å²) in [6.07, 6.45) is 1.64. The summed E-state index contributed by atoms with van der Waals surface area (Å²) < 4.78 is 40.6. The molecule has 3 aromatic carbocycles. The molecule has 12 heteroatoms. The van der Waals surface area contributed by atoms with E-state index in [1.807, 2.05) is 6.92 Å². The van der Waals surface area contributed by atoms with Crippen LogP contribution in [0.4, 0.5) is 5.69 Å². The second kappa shape index (κ2) is 12.1. The predicted molar refractivity (Wildman–Crippen MR) is 148 cm³/mol. The fraction of sp³-hybridized carbons (Fsp3) is 0.259. The molecule has 0 spiro atoms. The molecule has 1 amide bonds. The smallest absolute Gasteiger partial charge is 0.304 e. The van der Waals surface area contributed by atoms with Crippen LogP contribution in [-0.2, 0) is 14.8 Å². The molecule has 0 aliphatic carbocycles. The van der Waals surface area contributed by atoms with Crippen LogP contribution in [0.5, 0.6) is 17.2 Å². The molecular formula is C27H26Cl2N2O7S. The second-order valence-electron chi connectivity index (χ2n) is 8.91. The van der Waals surface area contributed by atoms with Gasteiger partial charge in [0.15, 0.2) is 5.75 Å². The first-order valence-electron chi connectivity index (χ1n) is 12.1. The van der Waals surface area contributed by atoms with Gasteiger partial charge in [-0.2, -0.15) is 0 Å². The maximum absolute atomic E-state index is 13.2. The van der Waals surface area contributed by atoms with Crippen molar-refractivity contribution in [3.05, 3.63) is 75.8 Å². The van der Waals surface area contributed by atoms with Gasteiger partial charge in [0.05, 0.1) is 23.7 Å². The van der Waals surface area contributed by atoms with Crippen molar-refractivity contribution in [1.82, 2.24) is 5.32 Å². The summed E-state index contributed by atoms with van der Waals surface area (Å²) in [7, 11) is -4.20. The number of amides is 1. The Hall–Kier alpha value is -3.47. The van der Waals surface area contributed by atoms with Crippen LogP contribution in [0.15, 0.2) is 59.5 Å². The van der Waals surface area contributed by atoms with Crippen molar-refractivity contribution in [3.8, 4) is 17.2 Å². The van der Waals surface area contributed by atoms with E-state index in [-0.39, 0.29) is 56.8 Å². The molecule has 0 radical (unpaired) electrons. The fourth-order valence-electron chi connectivity index (χ4n) is 4.04. The van der Waals surface area contributed by atoms with E-state index >= 15 is 0 Å². The number of rotatable bonds is 11. The summed E-state index contributed by atoms with van der Waals surface area (Å²) in [5.74, 6) is -0.628. The molecule has 3 N–H and O–H groups in total. The second-order valence-corrected chi connectivity index (χ2v) is 11.4. The Morgan fingerprint density at radius 1 is 1.10 bits per heavy atom. The van der Waals surface area contributed by atoms with E-state index in [4.69, 9.17) is 37.8 Å². The van der Waals surface area contributed by atoms with Crippen LogP contribution in [0.2, 0.25) is 10.0 Å². The quantitative estimate of drug-likeness (QED) is 0.230. The molecule has 0 saturated heterocycles. The average Bonchev–Trinajstić information content (AvgIpc) is 3.26. The molecule has 1 heterocycles. The van der Waals surface area contributed by atoms with Gasteiger partial charge in [0.2, 0.25) is 0 Å². The van der Waals surface area contributed by atoms with Crippen LogP contribution < -0.4 is 19.5 Å². The fourth-order valence-corrected chi connectivity index (χ4v) is 5.88. The molecule has 3 aromatic rings. The lowest BCUT2D eigenvalue weighted by atomic mass is 9.98. The molecule has 4 rings (SSSR count). The highest BCUT2D eigenvalue weighted by Gasteiger charge is 2.27. The van der Waals surface area contributed by atoms with Gasteiger partial charge in [0, 0.05) is 34.7 Å². The van der Waals surface area contributed by atoms with Gasteiger partial charge in [-0.25, -0.2) is 8.42 Å². The van der Waals surface area contributed by atoms with Crippen LogP contribution in [0.25, 0.3) is 0 Å². The molecule has 1 aliphatic heterocycles. The van der Waals surface area contributed by atoms with Crippen molar-refractivity contribution in [2.75, 3.05) is 17.9 Å². The third-order valence-electron chi connectivity index (χ3n) is 6.00. The van der Waals surface area contributed by atoms with Gasteiger partial charge in [-0.05, 0) is 48.9 Å². The zero-order valence-corrected chi connectivity index (χ0v) is 23.2. The van der Waals surface area contributed by atoms with Gasteiger partial charge in [-0.15, -0.1) is 0 Å². The van der Waals surface area contributed by atoms with Crippen molar-refractivity contribution in [3.63, 3.8) is 0 Å². The summed E-state index contributed by atoms with van der Waals surface area (Å²) in [5, 5.41) is 12.1. The first kappa shape index (κ1) is 28.5. The van der Waals surface area contributed by atoms with E-state index in [0.29, 0.717) is 18.0 Å². The minimum absolute atomic E-state index is 0.00864. The number of unbranched alkanes of at least 4 members (excludes halogenated alkanes) is 1. The minimum atomic E-state index is -4.20. The number of benzene rings is 3. The van der Waals surface area contributed by atoms with Gasteiger partial charge in [0.1, 0.15) is 16.4 Å². The monoisotopic (exact) mass is 592 g/mol. The number of anilines is 1. The third-order valence-corrected chi connectivity index (χ3v) is 8.08. The van der Waals surface area contributed by atoms with E-state index in [1.54, 1.807) is 18.2 Å². The molecule has 0 bridgehead atoms. The van der Waals surface area contributed by atoms with Gasteiger partial charge in [0.25, 0.3) is 15.9 Å². The number of ether oxygens (including phenoxy) is 2. The minimum Gasteiger partial charge on any atom is -0.492 e. The van der Waals surface area contributed by atoms with Crippen LogP contribution in [0.1, 0.15) is 48.0 Å². The number of carboxylic acids is 1. The highest BCUT2D eigenvalue weighted by molar-refractivity contribution is 7.92. The molecule has 39 heavy (non-hydrogen) atoms. The van der Waals surface area contributed by atoms with Gasteiger partial charge in [-0.1, -0.05) is 42.6 Å². The number of fused-ring (bicyclic) bond motifs is 1. The van der Waals surface area contributed by atoms with Gasteiger partial charge >= 0.3 is 5.97 Å². The first-order chi connectivity index (χ1) is 18.6. The number of hydrogen-bond donors (Lipinski definition) is 3. The highest BCUT2D eigenvalue weighted by atomic mass is 35.5. The average molecular weight is 593 g/mol. The first-order valence-corrected chi connectivity index (χ1v) is 14.4. The molecule has 9 nitrogen and oxygen atoms in total. The number of hydrogen-bond acceptors (Lipinski definition) is 6. The van der Waals surface area contributed by atoms with Crippen LogP contribution >= 0.6 is 23.2 Å². The Labute approximate surface area is 236 Å². The number of carboxylic acid groups (broad SMARTS) is 1. The standard InChI is InChI=1S/C27H26Cl2N2O7S/c1-2-3-10-30-27(34)16-4-8-23(22(11-16)31-39(35,36)25-9-5-18(28)13-21(25)29)38-19-6-7-20-17(12-26(32)33)15-37-24(20)14-19/h4-9,11,13-14,17,31H,2-3,10,12,15H2,1H3,(H,30,34)(H,32,33). The van der Waals surface area contributed by atoms with Crippen molar-refractivity contribution >= 4 is 50.8 Å². The Morgan fingerprint density at radius 3 is 2.62 bits per heavy atom. The number of carbonyl (C=O) groups is 2. The number of aliphatic carboxylic acids is 1. The summed E-state index contributed by atoms with van der Waals surface area (Å²) in [4.78, 5) is 23.6. The summed E-state index contributed by atoms with van der Waals surface area (Å²) in [5.41, 5.74) is 0.989. The zero-order valence-electron chi connectivity index (χ0n) is 20.9. The Kier molecular flexibility index (Phi) is 8.89. The third kappa shape index (κ3) is 6.95. The van der Waals surface area contributed by atoms with E-state index in [2.05, 4.69) is 10.0 Å². The lowest BCUT2D eigenvalue weighted by Crippen LogP contribution is -2.24. The number of nitrogens with one attached hydrogen (secondary N) is 2. The van der Waals surface area contributed by atoms with Crippen LogP contribution in [0.3, 0.4) is 0 Å². The Balaban J connectivity index is 1.66. The maximum atomic E-state index is 13.2. The van der Waals surface area contributed by atoms with Crippen molar-refractivity contribution in [1.29, 1.82) is 0 Å². The number of carbonyl (C=O) groups excluding carboxylic acids is 1. The summed E-state index contributed by atoms with van der Waals surface area (Å²) in [6, 6.07) is 13.4. The van der Waals surface area contributed by atoms with E-state index in [9.17, 15) is 18.0 Å². The largest absolute Gasteiger partial charge is 0.492 e. The molecule has 1 atom stereocenters. The lowest BCUT2D eigenvalue weighted by Gasteiger charge is -2.16. The predicted octanol–water partition coefficient (Wildman–Crippen LogP) is 6.07. The maximum Gasteiger partial charge on any atom is 0.304 e. The Morgan fingerprint density at radius 2 is 1.90 bits per heavy atom. The molecular weight excluding hydrogens is 567 g/mol. The van der Waals surface area contributed by atoms with Gasteiger partial charge < -0.3 is 19.9 Å². The molecule has 206 valence electrons. The van der Waals surface area contributed by atoms with Crippen molar-refractivity contribution in [2.24, 2.45) is 0 Å². The van der Waals surface area contributed by atoms with Crippen molar-refractivity contribution < 1.29 is 32.6 Å². The highest BCUT2D eigenvalue weighted by Crippen LogP contribution is 2.40. The zero-order chi connectivity index (χ0) is 28.2. The van der Waals surface area contributed by atoms with Crippen LogP contribution in [-0.4, -0.2) is 38.6 Å². The van der Waals surface area contributed by atoms with Crippen molar-refractivity contribution in [2.45, 2.75) is 37.0 Å². The van der Waals surface area contributed by atoms with Gasteiger partial charge in [-0.3, -0.25) is 14.3 Å². The van der Waals surface area contributed by atoms with Crippen LogP contribution in [0, 0.1) is 0 Å². The molecule has 1 unspecified atom stereocenters. The molecule has 0 saturated carbocycles. The summed E-state index contributed by atoms with van der Waals surface area (Å²) in [6.45, 7) is 2.72. The normalized spacial score (nSPS) is 14.3. The van der Waals surface area contributed by atoms with E-state index in [1.165, 1.54) is 36.4 Å². The summed E-state index contributed by atoms with van der Waals surface area (Å²) >= 11 is 12.1. The number of sulfonamides is 1. The Bertz CT molecular complexity index is 1510. The topological polar surface area (TPSA) is 131 Å². The lowest BCUT2D eigenvalue weighted by molar-refractivity contribution is -0.137. The molecule has 1 aliphatic rings. The SMILES string of the molecule is CCCCNC(=O)c1ccc(Oc2ccc3c(c2)OCC3CC(=O)O)c(NS(=O)(=O)c2ccc(Cl)cc2Cl)c1.